The molecule has 0 amide bonds. The number of carbonyl (C=O) groups excluding carboxylic acids is 4. The Bertz CT molecular complexity index is 1080. The first kappa shape index (κ1) is 26.9. The largest absolute Gasteiger partial charge is 0.481 e. The van der Waals surface area contributed by atoms with Crippen LogP contribution in [0.1, 0.15) is 92.9 Å². The molecule has 7 nitrogen and oxygen atoms in total. The lowest BCUT2D eigenvalue weighted by atomic mass is 9.43. The summed E-state index contributed by atoms with van der Waals surface area (Å²) in [5.74, 6) is -2.22. The number of carbonyl (C=O) groups is 5. The summed E-state index contributed by atoms with van der Waals surface area (Å²) in [7, 11) is 0. The van der Waals surface area contributed by atoms with Crippen molar-refractivity contribution in [1.82, 2.24) is 0 Å². The third-order valence-electron chi connectivity index (χ3n) is 11.0. The number of aliphatic carboxylic acids is 1. The molecule has 0 heterocycles. The number of Topliss-reactive ketones (excluding diaryl/α,β-unsaturated/α-hetero) is 4. The van der Waals surface area contributed by atoms with Gasteiger partial charge in [-0.2, -0.15) is 0 Å². The van der Waals surface area contributed by atoms with Crippen molar-refractivity contribution in [1.29, 1.82) is 0 Å². The van der Waals surface area contributed by atoms with Gasteiger partial charge < -0.3 is 10.2 Å². The fourth-order valence-electron chi connectivity index (χ4n) is 8.45. The summed E-state index contributed by atoms with van der Waals surface area (Å²) < 4.78 is 0. The smallest absolute Gasteiger partial charge is 0.306 e. The number of aliphatic hydroxyl groups excluding tert-OH is 1. The first-order valence-electron chi connectivity index (χ1n) is 13.3. The van der Waals surface area contributed by atoms with E-state index in [1.807, 2.05) is 34.6 Å². The van der Waals surface area contributed by atoms with Gasteiger partial charge in [-0.15, -0.1) is 0 Å². The zero-order valence-electron chi connectivity index (χ0n) is 22.4. The van der Waals surface area contributed by atoms with Crippen LogP contribution in [0.3, 0.4) is 0 Å². The molecule has 0 aromatic carbocycles. The van der Waals surface area contributed by atoms with E-state index in [1.165, 1.54) is 6.92 Å². The van der Waals surface area contributed by atoms with Crippen molar-refractivity contribution >= 4 is 29.1 Å². The summed E-state index contributed by atoms with van der Waals surface area (Å²) in [5, 5.41) is 20.6. The number of ketones is 4. The number of allylic oxidation sites excluding steroid dienone is 1. The molecule has 0 bridgehead atoms. The molecule has 7 heteroatoms. The summed E-state index contributed by atoms with van der Waals surface area (Å²) in [4.78, 5) is 64.1. The van der Waals surface area contributed by atoms with Crippen LogP contribution in [-0.2, 0) is 24.0 Å². The van der Waals surface area contributed by atoms with Crippen molar-refractivity contribution in [2.75, 3.05) is 0 Å². The molecule has 0 saturated heterocycles. The average Bonchev–Trinajstić information content (AvgIpc) is 2.97. The molecule has 198 valence electrons. The van der Waals surface area contributed by atoms with Crippen LogP contribution in [0.4, 0.5) is 0 Å². The van der Waals surface area contributed by atoms with Gasteiger partial charge in [-0.25, -0.2) is 0 Å². The number of carboxylic acids is 1. The van der Waals surface area contributed by atoms with Gasteiger partial charge in [0.15, 0.2) is 5.78 Å². The van der Waals surface area contributed by atoms with Crippen molar-refractivity contribution in [3.05, 3.63) is 11.1 Å². The minimum atomic E-state index is -1.02. The fourth-order valence-corrected chi connectivity index (χ4v) is 8.45. The van der Waals surface area contributed by atoms with E-state index in [0.717, 1.165) is 0 Å². The molecule has 2 fully saturated rings. The van der Waals surface area contributed by atoms with Crippen LogP contribution in [0.5, 0.6) is 0 Å². The van der Waals surface area contributed by atoms with Gasteiger partial charge in [-0.05, 0) is 49.0 Å². The maximum atomic E-state index is 13.9. The lowest BCUT2D eigenvalue weighted by Gasteiger charge is -2.60. The van der Waals surface area contributed by atoms with Crippen LogP contribution in [0.25, 0.3) is 0 Å². The molecular formula is C29H40O7. The van der Waals surface area contributed by atoms with Crippen LogP contribution < -0.4 is 0 Å². The lowest BCUT2D eigenvalue weighted by molar-refractivity contribution is -0.146. The Morgan fingerprint density at radius 3 is 2.31 bits per heavy atom. The maximum Gasteiger partial charge on any atom is 0.306 e. The van der Waals surface area contributed by atoms with Crippen LogP contribution >= 0.6 is 0 Å². The van der Waals surface area contributed by atoms with E-state index in [0.29, 0.717) is 36.8 Å². The molecule has 2 saturated carbocycles. The fraction of sp³-hybridized carbons (Fsp3) is 0.759. The van der Waals surface area contributed by atoms with Crippen molar-refractivity contribution in [2.45, 2.75) is 99.0 Å². The van der Waals surface area contributed by atoms with E-state index in [9.17, 15) is 29.1 Å². The van der Waals surface area contributed by atoms with Crippen molar-refractivity contribution in [3.8, 4) is 0 Å². The Morgan fingerprint density at radius 1 is 1.06 bits per heavy atom. The predicted octanol–water partition coefficient (Wildman–Crippen LogP) is 4.09. The molecule has 0 aliphatic heterocycles. The third-order valence-corrected chi connectivity index (χ3v) is 11.0. The number of rotatable bonds is 6. The lowest BCUT2D eigenvalue weighted by Crippen LogP contribution is -2.59. The SMILES string of the molecule is CC(CC(=O)CCC1CC(=O)C2(C)C3=C(C(=O)CC12C)C1(C)CCC(=O)C(C)(C)C1CC3O)C(=O)O. The molecular weight excluding hydrogens is 460 g/mol. The zero-order chi connectivity index (χ0) is 27.0. The standard InChI is InChI=1S/C29H40O7/c1-15(25(35)36)11-17(30)8-7-16-12-22(34)29(6)24-18(31)13-20-26(2,3)21(33)9-10-27(20,4)23(24)19(32)14-28(16,29)5/h15-16,18,20,31H,7-14H2,1-6H3,(H,35,36). The zero-order valence-corrected chi connectivity index (χ0v) is 22.4. The van der Waals surface area contributed by atoms with Gasteiger partial charge in [0.05, 0.1) is 17.4 Å². The molecule has 7 atom stereocenters. The molecule has 36 heavy (non-hydrogen) atoms. The second kappa shape index (κ2) is 8.44. The highest BCUT2D eigenvalue weighted by Gasteiger charge is 2.69. The Hall–Kier alpha value is -2.15. The van der Waals surface area contributed by atoms with E-state index in [1.54, 1.807) is 0 Å². The summed E-state index contributed by atoms with van der Waals surface area (Å²) in [6.45, 7) is 11.2. The Morgan fingerprint density at radius 2 is 1.69 bits per heavy atom. The molecule has 0 radical (unpaired) electrons. The van der Waals surface area contributed by atoms with E-state index in [-0.39, 0.29) is 60.7 Å². The van der Waals surface area contributed by atoms with Crippen molar-refractivity contribution in [2.24, 2.45) is 39.4 Å². The molecule has 4 aliphatic carbocycles. The minimum Gasteiger partial charge on any atom is -0.481 e. The number of fused-ring (bicyclic) bond motifs is 4. The van der Waals surface area contributed by atoms with E-state index in [4.69, 9.17) is 5.11 Å². The molecule has 4 rings (SSSR count). The Balaban J connectivity index is 1.71. The first-order chi connectivity index (χ1) is 16.5. The van der Waals surface area contributed by atoms with Crippen LogP contribution in [0.2, 0.25) is 0 Å². The molecule has 0 aromatic rings. The highest BCUT2D eigenvalue weighted by Crippen LogP contribution is 2.69. The second-order valence-electron chi connectivity index (χ2n) is 13.1. The quantitative estimate of drug-likeness (QED) is 0.562. The average molecular weight is 501 g/mol. The Labute approximate surface area is 213 Å². The van der Waals surface area contributed by atoms with Gasteiger partial charge in [-0.1, -0.05) is 34.6 Å². The molecule has 2 N–H and O–H groups in total. The highest BCUT2D eigenvalue weighted by atomic mass is 16.4. The topological polar surface area (TPSA) is 126 Å². The number of hydrogen-bond acceptors (Lipinski definition) is 6. The van der Waals surface area contributed by atoms with Crippen LogP contribution in [-0.4, -0.2) is 45.4 Å². The van der Waals surface area contributed by atoms with E-state index >= 15 is 0 Å². The van der Waals surface area contributed by atoms with Gasteiger partial charge in [0.2, 0.25) is 0 Å². The van der Waals surface area contributed by atoms with Gasteiger partial charge >= 0.3 is 5.97 Å². The van der Waals surface area contributed by atoms with Crippen LogP contribution in [0, 0.1) is 39.4 Å². The summed E-state index contributed by atoms with van der Waals surface area (Å²) in [5.41, 5.74) is -1.85. The molecule has 0 aromatic heterocycles. The monoisotopic (exact) mass is 500 g/mol. The third kappa shape index (κ3) is 3.52. The van der Waals surface area contributed by atoms with Gasteiger partial charge in [-0.3, -0.25) is 24.0 Å². The summed E-state index contributed by atoms with van der Waals surface area (Å²) in [6.07, 6.45) is 1.22. The predicted molar refractivity (Wildman–Crippen MR) is 132 cm³/mol. The summed E-state index contributed by atoms with van der Waals surface area (Å²) in [6, 6.07) is 0. The summed E-state index contributed by atoms with van der Waals surface area (Å²) >= 11 is 0. The van der Waals surface area contributed by atoms with Crippen molar-refractivity contribution in [3.63, 3.8) is 0 Å². The second-order valence-corrected chi connectivity index (χ2v) is 13.1. The highest BCUT2D eigenvalue weighted by molar-refractivity contribution is 6.05. The van der Waals surface area contributed by atoms with Gasteiger partial charge in [0.25, 0.3) is 0 Å². The molecule has 0 spiro atoms. The normalized spacial score (nSPS) is 40.4. The van der Waals surface area contributed by atoms with Gasteiger partial charge in [0, 0.05) is 48.5 Å². The minimum absolute atomic E-state index is 0.00593. The Kier molecular flexibility index (Phi) is 6.30. The number of aliphatic hydroxyl groups is 1. The van der Waals surface area contributed by atoms with E-state index in [2.05, 4.69) is 0 Å². The van der Waals surface area contributed by atoms with E-state index < -0.39 is 39.7 Å². The first-order valence-corrected chi connectivity index (χ1v) is 13.3. The van der Waals surface area contributed by atoms with Crippen LogP contribution in [0.15, 0.2) is 11.1 Å². The molecule has 7 unspecified atom stereocenters. The van der Waals surface area contributed by atoms with Crippen molar-refractivity contribution < 1.29 is 34.2 Å². The van der Waals surface area contributed by atoms with Gasteiger partial charge in [0.1, 0.15) is 17.3 Å². The number of hydrogen-bond donors (Lipinski definition) is 2. The molecule has 4 aliphatic rings. The number of carboxylic acid groups (broad SMARTS) is 1. The maximum absolute atomic E-state index is 13.9.